The van der Waals surface area contributed by atoms with Crippen LogP contribution in [0.1, 0.15) is 23.7 Å². The van der Waals surface area contributed by atoms with Gasteiger partial charge >= 0.3 is 0 Å². The van der Waals surface area contributed by atoms with Crippen LogP contribution in [-0.2, 0) is 35.5 Å². The average Bonchev–Trinajstić information content (AvgIpc) is 3.12. The van der Waals surface area contributed by atoms with E-state index in [0.717, 1.165) is 28.2 Å². The third kappa shape index (κ3) is 2.52. The maximum Gasteiger partial charge on any atom is 0.227 e. The zero-order valence-electron chi connectivity index (χ0n) is 14.7. The Bertz CT molecular complexity index is 851. The summed E-state index contributed by atoms with van der Waals surface area (Å²) in [6.45, 7) is 3.29. The van der Waals surface area contributed by atoms with Crippen molar-refractivity contribution in [1.29, 1.82) is 0 Å². The molecule has 2 aliphatic heterocycles. The summed E-state index contributed by atoms with van der Waals surface area (Å²) in [6, 6.07) is 0. The second-order valence-electron chi connectivity index (χ2n) is 6.97. The van der Waals surface area contributed by atoms with Gasteiger partial charge in [0.05, 0.1) is 23.9 Å². The SMILES string of the molecule is CC(=O)N1CCc2nn3c(c2C1)-c1nocc1CC(C(=O)N(C)C)C3. The Labute approximate surface area is 145 Å². The summed E-state index contributed by atoms with van der Waals surface area (Å²) in [4.78, 5) is 27.8. The highest BCUT2D eigenvalue weighted by molar-refractivity contribution is 5.80. The third-order valence-electron chi connectivity index (χ3n) is 5.06. The lowest BCUT2D eigenvalue weighted by atomic mass is 9.98. The maximum atomic E-state index is 12.6. The Morgan fingerprint density at radius 2 is 2.16 bits per heavy atom. The molecular weight excluding hydrogens is 322 g/mol. The Balaban J connectivity index is 1.81. The molecule has 2 aromatic heterocycles. The highest BCUT2D eigenvalue weighted by Crippen LogP contribution is 2.36. The van der Waals surface area contributed by atoms with Gasteiger partial charge in [0, 0.05) is 51.7 Å². The summed E-state index contributed by atoms with van der Waals surface area (Å²) in [5, 5.41) is 8.92. The highest BCUT2D eigenvalue weighted by atomic mass is 16.5. The van der Waals surface area contributed by atoms with E-state index in [1.165, 1.54) is 0 Å². The number of carbonyl (C=O) groups is 2. The van der Waals surface area contributed by atoms with E-state index < -0.39 is 0 Å². The molecule has 0 bridgehead atoms. The van der Waals surface area contributed by atoms with Crippen LogP contribution < -0.4 is 0 Å². The summed E-state index contributed by atoms with van der Waals surface area (Å²) >= 11 is 0. The fourth-order valence-electron chi connectivity index (χ4n) is 3.76. The fraction of sp³-hybridized carbons (Fsp3) is 0.529. The number of carbonyl (C=O) groups excluding carboxylic acids is 2. The molecular formula is C17H21N5O3. The number of hydrogen-bond donors (Lipinski definition) is 0. The Hall–Kier alpha value is -2.64. The monoisotopic (exact) mass is 343 g/mol. The number of rotatable bonds is 1. The predicted octanol–water partition coefficient (Wildman–Crippen LogP) is 0.703. The minimum absolute atomic E-state index is 0.0558. The minimum atomic E-state index is -0.209. The van der Waals surface area contributed by atoms with Crippen LogP contribution in [0.15, 0.2) is 10.8 Å². The molecule has 4 heterocycles. The topological polar surface area (TPSA) is 84.5 Å². The van der Waals surface area contributed by atoms with Crippen LogP contribution in [0.2, 0.25) is 0 Å². The van der Waals surface area contributed by atoms with Gasteiger partial charge in [-0.25, -0.2) is 0 Å². The Kier molecular flexibility index (Phi) is 3.63. The standard InChI is InChI=1S/C17H21N5O3/c1-10(23)21-5-4-14-13(8-21)16-15-12(9-25-19-15)6-11(7-22(16)18-14)17(24)20(2)3/h9,11H,4-8H2,1-3H3. The van der Waals surface area contributed by atoms with Crippen molar-refractivity contribution in [2.45, 2.75) is 32.9 Å². The average molecular weight is 343 g/mol. The highest BCUT2D eigenvalue weighted by Gasteiger charge is 2.34. The van der Waals surface area contributed by atoms with Gasteiger partial charge in [0.1, 0.15) is 12.0 Å². The van der Waals surface area contributed by atoms with Gasteiger partial charge in [-0.2, -0.15) is 5.10 Å². The van der Waals surface area contributed by atoms with Crippen molar-refractivity contribution in [2.75, 3.05) is 20.6 Å². The lowest BCUT2D eigenvalue weighted by molar-refractivity contribution is -0.133. The molecule has 2 amide bonds. The summed E-state index contributed by atoms with van der Waals surface area (Å²) in [7, 11) is 3.53. The molecule has 0 saturated carbocycles. The van der Waals surface area contributed by atoms with Gasteiger partial charge in [0.15, 0.2) is 0 Å². The molecule has 25 heavy (non-hydrogen) atoms. The smallest absolute Gasteiger partial charge is 0.227 e. The Morgan fingerprint density at radius 1 is 1.36 bits per heavy atom. The molecule has 2 aromatic rings. The molecule has 0 spiro atoms. The van der Waals surface area contributed by atoms with Crippen molar-refractivity contribution >= 4 is 11.8 Å². The molecule has 4 rings (SSSR count). The molecule has 0 aromatic carbocycles. The van der Waals surface area contributed by atoms with Crippen LogP contribution in [0, 0.1) is 5.92 Å². The van der Waals surface area contributed by atoms with Crippen LogP contribution in [0.5, 0.6) is 0 Å². The lowest BCUT2D eigenvalue weighted by Gasteiger charge is -2.25. The molecule has 1 atom stereocenters. The number of aromatic nitrogens is 3. The normalized spacial score (nSPS) is 18.8. The molecule has 8 heteroatoms. The van der Waals surface area contributed by atoms with Gasteiger partial charge in [-0.3, -0.25) is 14.3 Å². The number of amides is 2. The van der Waals surface area contributed by atoms with E-state index in [1.54, 1.807) is 32.2 Å². The van der Waals surface area contributed by atoms with E-state index in [-0.39, 0.29) is 17.7 Å². The number of fused-ring (bicyclic) bond motifs is 5. The lowest BCUT2D eigenvalue weighted by Crippen LogP contribution is -2.34. The number of hydrogen-bond acceptors (Lipinski definition) is 5. The van der Waals surface area contributed by atoms with Crippen LogP contribution >= 0.6 is 0 Å². The van der Waals surface area contributed by atoms with E-state index in [0.29, 0.717) is 32.5 Å². The molecule has 132 valence electrons. The fourth-order valence-corrected chi connectivity index (χ4v) is 3.76. The first-order chi connectivity index (χ1) is 12.0. The van der Waals surface area contributed by atoms with Gasteiger partial charge in [-0.15, -0.1) is 0 Å². The second kappa shape index (κ2) is 5.72. The second-order valence-corrected chi connectivity index (χ2v) is 6.97. The molecule has 8 nitrogen and oxygen atoms in total. The van der Waals surface area contributed by atoms with Crippen LogP contribution in [0.3, 0.4) is 0 Å². The third-order valence-corrected chi connectivity index (χ3v) is 5.06. The van der Waals surface area contributed by atoms with Crippen molar-refractivity contribution in [3.05, 3.63) is 23.1 Å². The van der Waals surface area contributed by atoms with Gasteiger partial charge in [-0.05, 0) is 6.42 Å². The zero-order chi connectivity index (χ0) is 17.7. The van der Waals surface area contributed by atoms with Crippen molar-refractivity contribution in [2.24, 2.45) is 5.92 Å². The molecule has 1 unspecified atom stereocenters. The molecule has 0 aliphatic carbocycles. The minimum Gasteiger partial charge on any atom is -0.364 e. The molecule has 0 N–H and O–H groups in total. The quantitative estimate of drug-likeness (QED) is 0.761. The van der Waals surface area contributed by atoms with Crippen LogP contribution in [-0.4, -0.2) is 57.2 Å². The molecule has 2 aliphatic rings. The van der Waals surface area contributed by atoms with E-state index in [1.807, 2.05) is 9.58 Å². The first kappa shape index (κ1) is 15.9. The number of nitrogens with zero attached hydrogens (tertiary/aromatic N) is 5. The van der Waals surface area contributed by atoms with Crippen molar-refractivity contribution in [1.82, 2.24) is 24.7 Å². The van der Waals surface area contributed by atoms with Crippen LogP contribution in [0.4, 0.5) is 0 Å². The zero-order valence-corrected chi connectivity index (χ0v) is 14.7. The van der Waals surface area contributed by atoms with Crippen molar-refractivity contribution < 1.29 is 14.1 Å². The first-order valence-electron chi connectivity index (χ1n) is 8.44. The van der Waals surface area contributed by atoms with E-state index in [9.17, 15) is 9.59 Å². The van der Waals surface area contributed by atoms with E-state index in [4.69, 9.17) is 9.62 Å². The van der Waals surface area contributed by atoms with Gasteiger partial charge in [0.25, 0.3) is 0 Å². The summed E-state index contributed by atoms with van der Waals surface area (Å²) in [5.41, 5.74) is 4.56. The molecule has 0 fully saturated rings. The molecule has 0 radical (unpaired) electrons. The van der Waals surface area contributed by atoms with E-state index >= 15 is 0 Å². The van der Waals surface area contributed by atoms with Gasteiger partial charge in [0.2, 0.25) is 11.8 Å². The van der Waals surface area contributed by atoms with Crippen molar-refractivity contribution in [3.8, 4) is 11.4 Å². The first-order valence-corrected chi connectivity index (χ1v) is 8.44. The largest absolute Gasteiger partial charge is 0.364 e. The summed E-state index contributed by atoms with van der Waals surface area (Å²) < 4.78 is 7.09. The maximum absolute atomic E-state index is 12.6. The summed E-state index contributed by atoms with van der Waals surface area (Å²) in [5.74, 6) is -0.0845. The Morgan fingerprint density at radius 3 is 2.88 bits per heavy atom. The van der Waals surface area contributed by atoms with Gasteiger partial charge in [-0.1, -0.05) is 5.16 Å². The summed E-state index contributed by atoms with van der Waals surface area (Å²) in [6.07, 6.45) is 2.91. The van der Waals surface area contributed by atoms with Crippen LogP contribution in [0.25, 0.3) is 11.4 Å². The predicted molar refractivity (Wildman–Crippen MR) is 88.4 cm³/mol. The molecule has 0 saturated heterocycles. The van der Waals surface area contributed by atoms with Crippen molar-refractivity contribution in [3.63, 3.8) is 0 Å². The van der Waals surface area contributed by atoms with Gasteiger partial charge < -0.3 is 14.3 Å². The van der Waals surface area contributed by atoms with E-state index in [2.05, 4.69) is 5.16 Å².